The topological polar surface area (TPSA) is 102 Å². The third-order valence-corrected chi connectivity index (χ3v) is 6.16. The number of piperidine rings is 1. The molecular weight excluding hydrogens is 414 g/mol. The Morgan fingerprint density at radius 2 is 1.78 bits per heavy atom. The van der Waals surface area contributed by atoms with Gasteiger partial charge < -0.3 is 21.7 Å². The Labute approximate surface area is 185 Å². The number of hydrogen-bond donors (Lipinski definition) is 3. The highest BCUT2D eigenvalue weighted by Gasteiger charge is 2.37. The quantitative estimate of drug-likeness (QED) is 0.546. The van der Waals surface area contributed by atoms with E-state index in [9.17, 15) is 13.6 Å². The van der Waals surface area contributed by atoms with Gasteiger partial charge in [-0.2, -0.15) is 5.10 Å². The molecule has 1 amide bonds. The van der Waals surface area contributed by atoms with Crippen molar-refractivity contribution in [3.05, 3.63) is 71.4 Å². The van der Waals surface area contributed by atoms with Gasteiger partial charge in [0.2, 0.25) is 0 Å². The number of aromatic nitrogens is 2. The number of nitrogens with zero attached hydrogens (tertiary/aromatic N) is 3. The number of halogens is 2. The molecule has 7 nitrogen and oxygen atoms in total. The minimum absolute atomic E-state index is 0.227. The maximum absolute atomic E-state index is 13.8. The number of aryl methyl sites for hydroxylation is 1. The zero-order valence-corrected chi connectivity index (χ0v) is 17.8. The summed E-state index contributed by atoms with van der Waals surface area (Å²) in [5, 5.41) is 7.64. The third kappa shape index (κ3) is 4.16. The van der Waals surface area contributed by atoms with Crippen LogP contribution in [0.1, 0.15) is 28.8 Å². The zero-order valence-electron chi connectivity index (χ0n) is 17.8. The van der Waals surface area contributed by atoms with Gasteiger partial charge in [0.05, 0.1) is 5.54 Å². The molecule has 0 saturated carbocycles. The molecule has 0 spiro atoms. The van der Waals surface area contributed by atoms with Crippen molar-refractivity contribution in [1.82, 2.24) is 9.78 Å². The van der Waals surface area contributed by atoms with Gasteiger partial charge in [-0.05, 0) is 61.7 Å². The second-order valence-corrected chi connectivity index (χ2v) is 8.18. The molecule has 1 aliphatic heterocycles. The van der Waals surface area contributed by atoms with Crippen LogP contribution in [0.2, 0.25) is 0 Å². The average Bonchev–Trinajstić information content (AvgIpc) is 3.22. The summed E-state index contributed by atoms with van der Waals surface area (Å²) in [6.07, 6.45) is 2.94. The highest BCUT2D eigenvalue weighted by molar-refractivity contribution is 5.98. The van der Waals surface area contributed by atoms with Crippen LogP contribution in [0.4, 0.5) is 26.0 Å². The fourth-order valence-electron chi connectivity index (χ4n) is 4.17. The normalized spacial score (nSPS) is 15.6. The van der Waals surface area contributed by atoms with E-state index in [1.54, 1.807) is 35.1 Å². The van der Waals surface area contributed by atoms with Gasteiger partial charge in [-0.25, -0.2) is 8.78 Å². The fraction of sp³-hybridized carbons (Fsp3) is 0.304. The van der Waals surface area contributed by atoms with E-state index in [-0.39, 0.29) is 17.2 Å². The Balaban J connectivity index is 1.59. The SMILES string of the molecule is Cc1ccc(F)cc1N1CCC(CN)(n2cc(C(N)=O)c(Nc3ccc(F)cc3)n2)CC1. The molecule has 4 rings (SSSR count). The molecule has 168 valence electrons. The van der Waals surface area contributed by atoms with Crippen LogP contribution in [0.25, 0.3) is 0 Å². The zero-order chi connectivity index (χ0) is 22.9. The molecule has 0 bridgehead atoms. The second kappa shape index (κ2) is 8.58. The maximum Gasteiger partial charge on any atom is 0.254 e. The number of carbonyl (C=O) groups excluding carboxylic acids is 1. The summed E-state index contributed by atoms with van der Waals surface area (Å²) in [4.78, 5) is 14.2. The first-order valence-electron chi connectivity index (χ1n) is 10.4. The molecule has 1 aliphatic rings. The number of carbonyl (C=O) groups is 1. The fourth-order valence-corrected chi connectivity index (χ4v) is 4.17. The molecule has 2 aromatic carbocycles. The Morgan fingerprint density at radius 1 is 1.12 bits per heavy atom. The molecule has 32 heavy (non-hydrogen) atoms. The minimum Gasteiger partial charge on any atom is -0.371 e. The van der Waals surface area contributed by atoms with Gasteiger partial charge in [0.1, 0.15) is 17.2 Å². The molecule has 1 saturated heterocycles. The van der Waals surface area contributed by atoms with E-state index in [4.69, 9.17) is 11.5 Å². The summed E-state index contributed by atoms with van der Waals surface area (Å²) in [6, 6.07) is 10.5. The summed E-state index contributed by atoms with van der Waals surface area (Å²) in [5.74, 6) is -0.962. The summed E-state index contributed by atoms with van der Waals surface area (Å²) in [7, 11) is 0. The molecule has 9 heteroatoms. The van der Waals surface area contributed by atoms with Gasteiger partial charge in [0, 0.05) is 37.2 Å². The Hall–Kier alpha value is -3.46. The van der Waals surface area contributed by atoms with Gasteiger partial charge in [-0.1, -0.05) is 6.07 Å². The molecule has 3 aromatic rings. The number of benzene rings is 2. The Bertz CT molecular complexity index is 1120. The van der Waals surface area contributed by atoms with Crippen molar-refractivity contribution < 1.29 is 13.6 Å². The summed E-state index contributed by atoms with van der Waals surface area (Å²) >= 11 is 0. The highest BCUT2D eigenvalue weighted by Crippen LogP contribution is 2.34. The van der Waals surface area contributed by atoms with Crippen molar-refractivity contribution in [1.29, 1.82) is 0 Å². The molecule has 1 fully saturated rings. The van der Waals surface area contributed by atoms with E-state index < -0.39 is 11.4 Å². The van der Waals surface area contributed by atoms with Gasteiger partial charge >= 0.3 is 0 Å². The van der Waals surface area contributed by atoms with Crippen molar-refractivity contribution in [2.45, 2.75) is 25.3 Å². The first-order valence-corrected chi connectivity index (χ1v) is 10.4. The highest BCUT2D eigenvalue weighted by atomic mass is 19.1. The number of amides is 1. The molecule has 1 aromatic heterocycles. The van der Waals surface area contributed by atoms with Crippen molar-refractivity contribution >= 4 is 23.1 Å². The van der Waals surface area contributed by atoms with E-state index in [1.807, 2.05) is 6.92 Å². The van der Waals surface area contributed by atoms with E-state index in [0.29, 0.717) is 44.0 Å². The van der Waals surface area contributed by atoms with Crippen molar-refractivity contribution in [3.63, 3.8) is 0 Å². The number of anilines is 3. The van der Waals surface area contributed by atoms with Gasteiger partial charge in [-0.3, -0.25) is 9.48 Å². The van der Waals surface area contributed by atoms with E-state index in [1.165, 1.54) is 18.2 Å². The molecule has 5 N–H and O–H groups in total. The number of primary amides is 1. The number of rotatable bonds is 6. The van der Waals surface area contributed by atoms with Crippen LogP contribution in [0.3, 0.4) is 0 Å². The van der Waals surface area contributed by atoms with Crippen LogP contribution in [-0.4, -0.2) is 35.3 Å². The number of nitrogens with two attached hydrogens (primary N) is 2. The summed E-state index contributed by atoms with van der Waals surface area (Å²) in [6.45, 7) is 3.60. The predicted molar refractivity (Wildman–Crippen MR) is 120 cm³/mol. The van der Waals surface area contributed by atoms with Crippen molar-refractivity contribution in [3.8, 4) is 0 Å². The Kier molecular flexibility index (Phi) is 5.84. The monoisotopic (exact) mass is 440 g/mol. The van der Waals surface area contributed by atoms with Gasteiger partial charge in [-0.15, -0.1) is 0 Å². The maximum atomic E-state index is 13.8. The van der Waals surface area contributed by atoms with Crippen LogP contribution in [0.15, 0.2) is 48.7 Å². The van der Waals surface area contributed by atoms with E-state index in [2.05, 4.69) is 15.3 Å². The smallest absolute Gasteiger partial charge is 0.254 e. The second-order valence-electron chi connectivity index (χ2n) is 8.18. The van der Waals surface area contributed by atoms with Crippen LogP contribution < -0.4 is 21.7 Å². The summed E-state index contributed by atoms with van der Waals surface area (Å²) < 4.78 is 28.7. The van der Waals surface area contributed by atoms with Crippen LogP contribution in [0, 0.1) is 18.6 Å². The van der Waals surface area contributed by atoms with Crippen LogP contribution in [0.5, 0.6) is 0 Å². The van der Waals surface area contributed by atoms with Crippen LogP contribution >= 0.6 is 0 Å². The number of nitrogens with one attached hydrogen (secondary N) is 1. The Morgan fingerprint density at radius 3 is 2.41 bits per heavy atom. The van der Waals surface area contributed by atoms with E-state index in [0.717, 1.165) is 11.3 Å². The van der Waals surface area contributed by atoms with Gasteiger partial charge in [0.25, 0.3) is 5.91 Å². The van der Waals surface area contributed by atoms with Crippen molar-refractivity contribution in [2.24, 2.45) is 11.5 Å². The lowest BCUT2D eigenvalue weighted by Crippen LogP contribution is -2.51. The minimum atomic E-state index is -0.624. The molecule has 2 heterocycles. The third-order valence-electron chi connectivity index (χ3n) is 6.16. The van der Waals surface area contributed by atoms with Crippen LogP contribution in [-0.2, 0) is 5.54 Å². The molecule has 0 radical (unpaired) electrons. The predicted octanol–water partition coefficient (Wildman–Crippen LogP) is 3.27. The lowest BCUT2D eigenvalue weighted by Gasteiger charge is -2.42. The first kappa shape index (κ1) is 21.8. The van der Waals surface area contributed by atoms with Crippen molar-refractivity contribution in [2.75, 3.05) is 29.9 Å². The standard InChI is InChI=1S/C23H26F2N6O/c1-15-2-3-17(25)12-20(15)30-10-8-23(14-26,9-11-30)31-13-19(21(27)32)22(29-31)28-18-6-4-16(24)5-7-18/h2-7,12-13H,8-11,14,26H2,1H3,(H2,27,32)(H,28,29). The average molecular weight is 440 g/mol. The molecule has 0 unspecified atom stereocenters. The number of hydrogen-bond acceptors (Lipinski definition) is 5. The molecule has 0 aliphatic carbocycles. The summed E-state index contributed by atoms with van der Waals surface area (Å²) in [5.41, 5.74) is 14.0. The molecular formula is C23H26F2N6O. The first-order chi connectivity index (χ1) is 15.3. The van der Waals surface area contributed by atoms with E-state index >= 15 is 0 Å². The lowest BCUT2D eigenvalue weighted by molar-refractivity contribution is 0.100. The lowest BCUT2D eigenvalue weighted by atomic mass is 9.87. The van der Waals surface area contributed by atoms with Gasteiger partial charge in [0.15, 0.2) is 5.82 Å². The largest absolute Gasteiger partial charge is 0.371 e. The molecule has 0 atom stereocenters.